The average molecular weight is 270 g/mol. The van der Waals surface area contributed by atoms with E-state index in [0.717, 1.165) is 19.3 Å². The van der Waals surface area contributed by atoms with Crippen LogP contribution in [0.2, 0.25) is 0 Å². The van der Waals surface area contributed by atoms with Crippen molar-refractivity contribution >= 4 is 12.0 Å². The molecule has 3 atom stereocenters. The lowest BCUT2D eigenvalue weighted by Crippen LogP contribution is -2.43. The maximum absolute atomic E-state index is 11.7. The Kier molecular flexibility index (Phi) is 6.67. The number of carboxylic acid groups (broad SMARTS) is 1. The molecule has 3 N–H and O–H groups in total. The molecular formula is C14H26N2O3. The van der Waals surface area contributed by atoms with E-state index in [0.29, 0.717) is 30.8 Å². The minimum atomic E-state index is -0.755. The van der Waals surface area contributed by atoms with Crippen LogP contribution in [-0.2, 0) is 4.79 Å². The zero-order valence-electron chi connectivity index (χ0n) is 11.9. The highest BCUT2D eigenvalue weighted by atomic mass is 16.4. The first-order chi connectivity index (χ1) is 9.00. The van der Waals surface area contributed by atoms with Gasteiger partial charge >= 0.3 is 12.0 Å². The van der Waals surface area contributed by atoms with Crippen molar-refractivity contribution in [3.63, 3.8) is 0 Å². The highest BCUT2D eigenvalue weighted by Gasteiger charge is 2.30. The van der Waals surface area contributed by atoms with Crippen molar-refractivity contribution in [2.45, 2.75) is 58.4 Å². The van der Waals surface area contributed by atoms with Crippen LogP contribution >= 0.6 is 0 Å². The molecule has 19 heavy (non-hydrogen) atoms. The summed E-state index contributed by atoms with van der Waals surface area (Å²) in [6, 6.07) is 0.200. The number of carbonyl (C=O) groups is 2. The number of hydrogen-bond donors (Lipinski definition) is 3. The summed E-state index contributed by atoms with van der Waals surface area (Å²) in [5.74, 6) is 0.470. The molecule has 0 spiro atoms. The fraction of sp³-hybridized carbons (Fsp3) is 0.857. The summed E-state index contributed by atoms with van der Waals surface area (Å²) in [6.07, 6.45) is 4.80. The summed E-state index contributed by atoms with van der Waals surface area (Å²) in [4.78, 5) is 22.0. The largest absolute Gasteiger partial charge is 0.481 e. The zero-order chi connectivity index (χ0) is 14.3. The van der Waals surface area contributed by atoms with Crippen molar-refractivity contribution < 1.29 is 14.7 Å². The Balaban J connectivity index is 2.04. The van der Waals surface area contributed by atoms with Gasteiger partial charge in [-0.3, -0.25) is 4.79 Å². The first-order valence-corrected chi connectivity index (χ1v) is 7.27. The molecule has 3 unspecified atom stereocenters. The Hall–Kier alpha value is -1.26. The van der Waals surface area contributed by atoms with Crippen LogP contribution in [-0.4, -0.2) is 29.7 Å². The number of carbonyl (C=O) groups excluding carboxylic acids is 1. The summed E-state index contributed by atoms with van der Waals surface area (Å²) in [7, 11) is 0. The van der Waals surface area contributed by atoms with Gasteiger partial charge in [0.25, 0.3) is 0 Å². The highest BCUT2D eigenvalue weighted by molar-refractivity contribution is 5.74. The van der Waals surface area contributed by atoms with E-state index in [1.807, 2.05) is 0 Å². The highest BCUT2D eigenvalue weighted by Crippen LogP contribution is 2.30. The number of carboxylic acids is 1. The van der Waals surface area contributed by atoms with Gasteiger partial charge in [-0.2, -0.15) is 0 Å². The van der Waals surface area contributed by atoms with Gasteiger partial charge in [-0.1, -0.05) is 20.3 Å². The molecule has 1 fully saturated rings. The van der Waals surface area contributed by atoms with Crippen LogP contribution in [0.25, 0.3) is 0 Å². The van der Waals surface area contributed by atoms with Crippen molar-refractivity contribution in [1.29, 1.82) is 0 Å². The monoisotopic (exact) mass is 270 g/mol. The van der Waals surface area contributed by atoms with Gasteiger partial charge in [0.15, 0.2) is 0 Å². The van der Waals surface area contributed by atoms with Crippen molar-refractivity contribution in [3.05, 3.63) is 0 Å². The summed E-state index contributed by atoms with van der Waals surface area (Å²) in [5.41, 5.74) is 0. The fourth-order valence-electron chi connectivity index (χ4n) is 2.57. The molecule has 1 aliphatic carbocycles. The molecule has 0 radical (unpaired) electrons. The standard InChI is InChI=1S/C14H26N2O3/c1-10-7-8-12(11(10)2)16-14(19)15-9-5-3-4-6-13(17)18/h10-12H,3-9H2,1-2H3,(H,17,18)(H2,15,16,19). The third-order valence-electron chi connectivity index (χ3n) is 4.13. The van der Waals surface area contributed by atoms with Gasteiger partial charge in [-0.25, -0.2) is 4.79 Å². The topological polar surface area (TPSA) is 78.4 Å². The lowest BCUT2D eigenvalue weighted by Gasteiger charge is -2.19. The molecule has 0 aromatic carbocycles. The fourth-order valence-corrected chi connectivity index (χ4v) is 2.57. The van der Waals surface area contributed by atoms with Crippen LogP contribution in [0, 0.1) is 11.8 Å². The van der Waals surface area contributed by atoms with E-state index in [-0.39, 0.29) is 12.5 Å². The van der Waals surface area contributed by atoms with Gasteiger partial charge < -0.3 is 15.7 Å². The van der Waals surface area contributed by atoms with Gasteiger partial charge in [-0.15, -0.1) is 0 Å². The number of amides is 2. The second kappa shape index (κ2) is 8.02. The molecule has 0 aliphatic heterocycles. The number of rotatable bonds is 7. The van der Waals surface area contributed by atoms with Crippen molar-refractivity contribution in [3.8, 4) is 0 Å². The lowest BCUT2D eigenvalue weighted by atomic mass is 9.98. The Morgan fingerprint density at radius 1 is 1.16 bits per heavy atom. The zero-order valence-corrected chi connectivity index (χ0v) is 11.9. The number of unbranched alkanes of at least 4 members (excludes halogenated alkanes) is 2. The van der Waals surface area contributed by atoms with Crippen molar-refractivity contribution in [2.24, 2.45) is 11.8 Å². The molecule has 2 amide bonds. The van der Waals surface area contributed by atoms with Gasteiger partial charge in [0.2, 0.25) is 0 Å². The Morgan fingerprint density at radius 3 is 2.47 bits per heavy atom. The second-order valence-electron chi connectivity index (χ2n) is 5.62. The summed E-state index contributed by atoms with van der Waals surface area (Å²) >= 11 is 0. The Labute approximate surface area is 115 Å². The van der Waals surface area contributed by atoms with Crippen LogP contribution in [0.3, 0.4) is 0 Å². The molecule has 110 valence electrons. The number of hydrogen-bond acceptors (Lipinski definition) is 2. The minimum absolute atomic E-state index is 0.0933. The van der Waals surface area contributed by atoms with Gasteiger partial charge in [0, 0.05) is 19.0 Å². The van der Waals surface area contributed by atoms with Gasteiger partial charge in [0.1, 0.15) is 0 Å². The van der Waals surface area contributed by atoms with E-state index in [4.69, 9.17) is 5.11 Å². The first kappa shape index (κ1) is 15.8. The predicted octanol–water partition coefficient (Wildman–Crippen LogP) is 2.37. The lowest BCUT2D eigenvalue weighted by molar-refractivity contribution is -0.137. The molecule has 0 aromatic heterocycles. The third kappa shape index (κ3) is 5.94. The third-order valence-corrected chi connectivity index (χ3v) is 4.13. The molecular weight excluding hydrogens is 244 g/mol. The average Bonchev–Trinajstić information content (AvgIpc) is 2.65. The molecule has 1 saturated carbocycles. The molecule has 5 nitrogen and oxygen atoms in total. The van der Waals surface area contributed by atoms with E-state index in [2.05, 4.69) is 24.5 Å². The van der Waals surface area contributed by atoms with Gasteiger partial charge in [-0.05, 0) is 37.5 Å². The molecule has 0 bridgehead atoms. The van der Waals surface area contributed by atoms with E-state index in [1.54, 1.807) is 0 Å². The smallest absolute Gasteiger partial charge is 0.315 e. The van der Waals surface area contributed by atoms with Crippen molar-refractivity contribution in [1.82, 2.24) is 10.6 Å². The summed E-state index contributed by atoms with van der Waals surface area (Å²) < 4.78 is 0. The van der Waals surface area contributed by atoms with E-state index < -0.39 is 5.97 Å². The van der Waals surface area contributed by atoms with E-state index >= 15 is 0 Å². The molecule has 0 heterocycles. The van der Waals surface area contributed by atoms with Crippen LogP contribution < -0.4 is 10.6 Å². The van der Waals surface area contributed by atoms with Crippen molar-refractivity contribution in [2.75, 3.05) is 6.54 Å². The van der Waals surface area contributed by atoms with Crippen LogP contribution in [0.15, 0.2) is 0 Å². The predicted molar refractivity (Wildman–Crippen MR) is 74.0 cm³/mol. The minimum Gasteiger partial charge on any atom is -0.481 e. The molecule has 0 aromatic rings. The molecule has 1 rings (SSSR count). The van der Waals surface area contributed by atoms with Gasteiger partial charge in [0.05, 0.1) is 0 Å². The SMILES string of the molecule is CC1CCC(NC(=O)NCCCCCC(=O)O)C1C. The second-order valence-corrected chi connectivity index (χ2v) is 5.62. The maximum Gasteiger partial charge on any atom is 0.315 e. The molecule has 0 saturated heterocycles. The number of urea groups is 1. The quantitative estimate of drug-likeness (QED) is 0.621. The Morgan fingerprint density at radius 2 is 1.89 bits per heavy atom. The normalized spacial score (nSPS) is 26.1. The van der Waals surface area contributed by atoms with E-state index in [1.165, 1.54) is 6.42 Å². The van der Waals surface area contributed by atoms with Crippen LogP contribution in [0.1, 0.15) is 52.4 Å². The van der Waals surface area contributed by atoms with Crippen LogP contribution in [0.5, 0.6) is 0 Å². The van der Waals surface area contributed by atoms with E-state index in [9.17, 15) is 9.59 Å². The summed E-state index contributed by atoms with van der Waals surface area (Å²) in [6.45, 7) is 5.03. The molecule has 5 heteroatoms. The molecule has 1 aliphatic rings. The number of nitrogens with one attached hydrogen (secondary N) is 2. The Bertz CT molecular complexity index is 307. The maximum atomic E-state index is 11.7. The first-order valence-electron chi connectivity index (χ1n) is 7.27. The number of aliphatic carboxylic acids is 1. The summed E-state index contributed by atoms with van der Waals surface area (Å²) in [5, 5.41) is 14.3. The van der Waals surface area contributed by atoms with Crippen LogP contribution in [0.4, 0.5) is 4.79 Å².